The van der Waals surface area contributed by atoms with Crippen molar-refractivity contribution in [3.63, 3.8) is 0 Å². The van der Waals surface area contributed by atoms with Crippen LogP contribution in [0, 0.1) is 6.92 Å². The van der Waals surface area contributed by atoms with Crippen LogP contribution in [0.5, 0.6) is 0 Å². The fourth-order valence-corrected chi connectivity index (χ4v) is 2.89. The number of hydrogen-bond acceptors (Lipinski definition) is 3. The highest BCUT2D eigenvalue weighted by atomic mass is 16.1. The molecule has 1 aliphatic rings. The van der Waals surface area contributed by atoms with Crippen LogP contribution >= 0.6 is 0 Å². The molecule has 4 heteroatoms. The molecule has 4 nitrogen and oxygen atoms in total. The Morgan fingerprint density at radius 3 is 2.75 bits per heavy atom. The highest BCUT2D eigenvalue weighted by Gasteiger charge is 2.35. The molecular weight excluding hydrogens is 252 g/mol. The van der Waals surface area contributed by atoms with Gasteiger partial charge in [-0.15, -0.1) is 0 Å². The molecule has 0 atom stereocenters. The van der Waals surface area contributed by atoms with Gasteiger partial charge in [-0.1, -0.05) is 6.07 Å². The number of fused-ring (bicyclic) bond motifs is 4. The van der Waals surface area contributed by atoms with Crippen LogP contribution in [-0.4, -0.2) is 21.0 Å². The number of ketones is 2. The second-order valence-electron chi connectivity index (χ2n) is 4.86. The predicted molar refractivity (Wildman–Crippen MR) is 73.2 cm³/mol. The van der Waals surface area contributed by atoms with Crippen LogP contribution < -0.4 is 0 Å². The Balaban J connectivity index is 2.18. The molecule has 0 aromatic carbocycles. The van der Waals surface area contributed by atoms with Gasteiger partial charge in [0.05, 0.1) is 11.1 Å². The normalized spacial score (nSPS) is 13.4. The number of rotatable bonds is 0. The maximum atomic E-state index is 12.6. The maximum absolute atomic E-state index is 12.6. The van der Waals surface area contributed by atoms with Crippen LogP contribution in [0.2, 0.25) is 0 Å². The van der Waals surface area contributed by atoms with E-state index in [0.717, 1.165) is 11.1 Å². The third-order valence-electron chi connectivity index (χ3n) is 3.81. The molecule has 4 rings (SSSR count). The van der Waals surface area contributed by atoms with E-state index in [9.17, 15) is 9.59 Å². The summed E-state index contributed by atoms with van der Waals surface area (Å²) in [6.45, 7) is 1.88. The summed E-state index contributed by atoms with van der Waals surface area (Å²) in [7, 11) is 0. The second-order valence-corrected chi connectivity index (χ2v) is 4.86. The van der Waals surface area contributed by atoms with Crippen molar-refractivity contribution in [2.75, 3.05) is 0 Å². The number of hydrogen-bond donors (Lipinski definition) is 0. The van der Waals surface area contributed by atoms with Crippen molar-refractivity contribution in [2.24, 2.45) is 0 Å². The van der Waals surface area contributed by atoms with Crippen LogP contribution in [0.1, 0.15) is 37.7 Å². The summed E-state index contributed by atoms with van der Waals surface area (Å²) < 4.78 is 1.78. The predicted octanol–water partition coefficient (Wildman–Crippen LogP) is 2.42. The van der Waals surface area contributed by atoms with Gasteiger partial charge in [0, 0.05) is 17.9 Å². The minimum atomic E-state index is -0.190. The number of carbonyl (C=O) groups excluding carboxylic acids is 2. The fraction of sp³-hybridized carbons (Fsp3) is 0.0625. The van der Waals surface area contributed by atoms with E-state index in [1.807, 2.05) is 25.1 Å². The highest BCUT2D eigenvalue weighted by molar-refractivity contribution is 6.28. The van der Waals surface area contributed by atoms with Crippen LogP contribution in [-0.2, 0) is 0 Å². The first-order valence-electron chi connectivity index (χ1n) is 6.34. The fourth-order valence-electron chi connectivity index (χ4n) is 2.89. The van der Waals surface area contributed by atoms with Gasteiger partial charge in [0.1, 0.15) is 11.4 Å². The molecule has 0 unspecified atom stereocenters. The van der Waals surface area contributed by atoms with E-state index >= 15 is 0 Å². The number of pyridine rings is 2. The molecular formula is C16H10N2O2. The Bertz CT molecular complexity index is 906. The summed E-state index contributed by atoms with van der Waals surface area (Å²) in [5, 5.41) is 0. The summed E-state index contributed by atoms with van der Waals surface area (Å²) in [6.07, 6.45) is 3.35. The van der Waals surface area contributed by atoms with Crippen molar-refractivity contribution < 1.29 is 9.59 Å². The standard InChI is InChI=1S/C16H10N2O2/c1-9-11-6-2-3-8-18(11)14-12(9)15(19)10-5-4-7-17-13(10)16(14)20/h2-8H,1H3. The first-order valence-corrected chi connectivity index (χ1v) is 6.34. The summed E-state index contributed by atoms with van der Waals surface area (Å²) in [5.74, 6) is -0.312. The van der Waals surface area contributed by atoms with Crippen LogP contribution in [0.25, 0.3) is 5.52 Å². The summed E-state index contributed by atoms with van der Waals surface area (Å²) in [5.41, 5.74) is 3.29. The van der Waals surface area contributed by atoms with E-state index in [4.69, 9.17) is 0 Å². The Labute approximate surface area is 114 Å². The van der Waals surface area contributed by atoms with Crippen molar-refractivity contribution in [1.29, 1.82) is 0 Å². The molecule has 20 heavy (non-hydrogen) atoms. The molecule has 0 spiro atoms. The van der Waals surface area contributed by atoms with Gasteiger partial charge in [-0.25, -0.2) is 0 Å². The Morgan fingerprint density at radius 2 is 1.90 bits per heavy atom. The molecule has 0 amide bonds. The minimum Gasteiger partial charge on any atom is -0.313 e. The monoisotopic (exact) mass is 262 g/mol. The molecule has 96 valence electrons. The molecule has 0 saturated carbocycles. The van der Waals surface area contributed by atoms with Crippen molar-refractivity contribution in [3.8, 4) is 0 Å². The van der Waals surface area contributed by atoms with Crippen LogP contribution in [0.3, 0.4) is 0 Å². The maximum Gasteiger partial charge on any atom is 0.229 e. The number of nitrogens with zero attached hydrogens (tertiary/aromatic N) is 2. The lowest BCUT2D eigenvalue weighted by Crippen LogP contribution is -2.22. The Kier molecular flexibility index (Phi) is 2.02. The van der Waals surface area contributed by atoms with E-state index in [2.05, 4.69) is 4.98 Å². The van der Waals surface area contributed by atoms with Crippen molar-refractivity contribution in [3.05, 3.63) is 70.8 Å². The van der Waals surface area contributed by atoms with E-state index in [1.54, 1.807) is 22.7 Å². The molecule has 3 heterocycles. The van der Waals surface area contributed by atoms with Gasteiger partial charge in [-0.3, -0.25) is 14.6 Å². The largest absolute Gasteiger partial charge is 0.313 e. The number of aromatic nitrogens is 2. The van der Waals surface area contributed by atoms with Gasteiger partial charge in [0.2, 0.25) is 5.78 Å². The zero-order valence-electron chi connectivity index (χ0n) is 10.8. The second kappa shape index (κ2) is 3.63. The topological polar surface area (TPSA) is 51.4 Å². The van der Waals surface area contributed by atoms with Gasteiger partial charge in [0.25, 0.3) is 0 Å². The number of carbonyl (C=O) groups is 2. The molecule has 0 N–H and O–H groups in total. The van der Waals surface area contributed by atoms with E-state index < -0.39 is 0 Å². The van der Waals surface area contributed by atoms with Crippen molar-refractivity contribution in [2.45, 2.75) is 6.92 Å². The van der Waals surface area contributed by atoms with E-state index in [1.165, 1.54) is 6.20 Å². The Morgan fingerprint density at radius 1 is 1.05 bits per heavy atom. The third-order valence-corrected chi connectivity index (χ3v) is 3.81. The lowest BCUT2D eigenvalue weighted by atomic mass is 9.90. The third kappa shape index (κ3) is 1.18. The van der Waals surface area contributed by atoms with E-state index in [-0.39, 0.29) is 17.3 Å². The highest BCUT2D eigenvalue weighted by Crippen LogP contribution is 2.32. The summed E-state index contributed by atoms with van der Waals surface area (Å²) in [4.78, 5) is 29.4. The quantitative estimate of drug-likeness (QED) is 0.489. The first-order chi connectivity index (χ1) is 9.70. The molecule has 0 aliphatic heterocycles. The lowest BCUT2D eigenvalue weighted by molar-refractivity contribution is 0.0971. The van der Waals surface area contributed by atoms with E-state index in [0.29, 0.717) is 16.8 Å². The Hall–Kier alpha value is -2.75. The summed E-state index contributed by atoms with van der Waals surface area (Å²) in [6, 6.07) is 8.99. The molecule has 3 aromatic heterocycles. The van der Waals surface area contributed by atoms with Crippen molar-refractivity contribution >= 4 is 17.1 Å². The first kappa shape index (κ1) is 11.1. The lowest BCUT2D eigenvalue weighted by Gasteiger charge is -2.14. The van der Waals surface area contributed by atoms with Crippen LogP contribution in [0.4, 0.5) is 0 Å². The number of aryl methyl sites for hydroxylation is 1. The molecule has 0 fully saturated rings. The average molecular weight is 262 g/mol. The average Bonchev–Trinajstić information content (AvgIpc) is 2.79. The zero-order chi connectivity index (χ0) is 13.9. The van der Waals surface area contributed by atoms with Gasteiger partial charge >= 0.3 is 0 Å². The van der Waals surface area contributed by atoms with Gasteiger partial charge < -0.3 is 4.40 Å². The zero-order valence-corrected chi connectivity index (χ0v) is 10.8. The molecule has 3 aromatic rings. The van der Waals surface area contributed by atoms with Crippen molar-refractivity contribution in [1.82, 2.24) is 9.38 Å². The van der Waals surface area contributed by atoms with Gasteiger partial charge in [0.15, 0.2) is 5.78 Å². The van der Waals surface area contributed by atoms with Gasteiger partial charge in [-0.2, -0.15) is 0 Å². The van der Waals surface area contributed by atoms with Gasteiger partial charge in [-0.05, 0) is 36.8 Å². The smallest absolute Gasteiger partial charge is 0.229 e. The molecule has 0 radical (unpaired) electrons. The summed E-state index contributed by atoms with van der Waals surface area (Å²) >= 11 is 0. The molecule has 1 aliphatic carbocycles. The van der Waals surface area contributed by atoms with Crippen LogP contribution in [0.15, 0.2) is 42.7 Å². The molecule has 0 saturated heterocycles. The molecule has 0 bridgehead atoms. The SMILES string of the molecule is Cc1c2c(n3ccccc13)C(=O)c1ncccc1C2=O. The minimum absolute atomic E-state index is 0.121.